The summed E-state index contributed by atoms with van der Waals surface area (Å²) in [7, 11) is 0. The van der Waals surface area contributed by atoms with E-state index in [2.05, 4.69) is 10.4 Å². The van der Waals surface area contributed by atoms with Crippen LogP contribution in [0.3, 0.4) is 0 Å². The molecule has 1 aliphatic heterocycles. The average molecular weight is 282 g/mol. The highest BCUT2D eigenvalue weighted by Gasteiger charge is 2.25. The van der Waals surface area contributed by atoms with E-state index in [1.165, 1.54) is 17.1 Å². The summed E-state index contributed by atoms with van der Waals surface area (Å²) in [5.74, 6) is -0.641. The van der Waals surface area contributed by atoms with Gasteiger partial charge in [0, 0.05) is 25.9 Å². The number of hydrogen-bond donors (Lipinski definition) is 3. The van der Waals surface area contributed by atoms with E-state index in [-0.39, 0.29) is 19.2 Å². The molecule has 0 saturated carbocycles. The van der Waals surface area contributed by atoms with Crippen molar-refractivity contribution in [3.63, 3.8) is 0 Å². The fourth-order valence-electron chi connectivity index (χ4n) is 2.29. The number of aliphatic hydroxyl groups is 1. The predicted octanol–water partition coefficient (Wildman–Crippen LogP) is 0.204. The number of rotatable bonds is 5. The molecule has 1 aliphatic rings. The number of carboxylic acids is 1. The SMILES string of the molecule is O=C(O)Cn1cc(NC(=O)N2CCC(CCO)C2)cn1. The lowest BCUT2D eigenvalue weighted by molar-refractivity contribution is -0.137. The molecule has 0 aliphatic carbocycles. The van der Waals surface area contributed by atoms with Crippen LogP contribution in [0.2, 0.25) is 0 Å². The molecule has 110 valence electrons. The number of carbonyl (C=O) groups excluding carboxylic acids is 1. The number of nitrogens with one attached hydrogen (secondary N) is 1. The van der Waals surface area contributed by atoms with Crippen LogP contribution in [0.15, 0.2) is 12.4 Å². The van der Waals surface area contributed by atoms with Crippen LogP contribution in [0.4, 0.5) is 10.5 Å². The molecule has 1 fully saturated rings. The average Bonchev–Trinajstić information content (AvgIpc) is 2.99. The summed E-state index contributed by atoms with van der Waals surface area (Å²) in [4.78, 5) is 24.2. The molecule has 3 N–H and O–H groups in total. The zero-order chi connectivity index (χ0) is 14.5. The highest BCUT2D eigenvalue weighted by molar-refractivity contribution is 5.89. The van der Waals surface area contributed by atoms with E-state index < -0.39 is 5.97 Å². The van der Waals surface area contributed by atoms with Gasteiger partial charge in [-0.25, -0.2) is 4.79 Å². The standard InChI is InChI=1S/C12H18N4O4/c17-4-2-9-1-3-15(6-9)12(20)14-10-5-13-16(7-10)8-11(18)19/h5,7,9,17H,1-4,6,8H2,(H,14,20)(H,18,19). The number of hydrogen-bond acceptors (Lipinski definition) is 4. The number of urea groups is 1. The maximum absolute atomic E-state index is 12.0. The molecule has 0 bridgehead atoms. The van der Waals surface area contributed by atoms with Gasteiger partial charge in [-0.3, -0.25) is 9.48 Å². The van der Waals surface area contributed by atoms with E-state index in [4.69, 9.17) is 10.2 Å². The highest BCUT2D eigenvalue weighted by Crippen LogP contribution is 2.20. The van der Waals surface area contributed by atoms with Crippen LogP contribution < -0.4 is 5.32 Å². The molecule has 1 aromatic rings. The third-order valence-electron chi connectivity index (χ3n) is 3.29. The third kappa shape index (κ3) is 3.70. The minimum Gasteiger partial charge on any atom is -0.480 e. The molecule has 20 heavy (non-hydrogen) atoms. The molecule has 8 nitrogen and oxygen atoms in total. The van der Waals surface area contributed by atoms with E-state index in [1.807, 2.05) is 0 Å². The minimum absolute atomic E-state index is 0.141. The Morgan fingerprint density at radius 3 is 3.00 bits per heavy atom. The van der Waals surface area contributed by atoms with Gasteiger partial charge in [0.05, 0.1) is 11.9 Å². The van der Waals surface area contributed by atoms with E-state index in [9.17, 15) is 9.59 Å². The molecule has 0 radical (unpaired) electrons. The quantitative estimate of drug-likeness (QED) is 0.715. The normalized spacial score (nSPS) is 18.2. The number of anilines is 1. The van der Waals surface area contributed by atoms with Gasteiger partial charge in [-0.1, -0.05) is 0 Å². The van der Waals surface area contributed by atoms with Gasteiger partial charge in [-0.05, 0) is 18.8 Å². The number of aromatic nitrogens is 2. The van der Waals surface area contributed by atoms with Crippen molar-refractivity contribution in [3.8, 4) is 0 Å². The zero-order valence-electron chi connectivity index (χ0n) is 11.0. The molecule has 2 heterocycles. The monoisotopic (exact) mass is 282 g/mol. The van der Waals surface area contributed by atoms with Gasteiger partial charge in [0.1, 0.15) is 6.54 Å². The number of carbonyl (C=O) groups is 2. The van der Waals surface area contributed by atoms with E-state index >= 15 is 0 Å². The Kier molecular flexibility index (Phi) is 4.57. The fourth-order valence-corrected chi connectivity index (χ4v) is 2.29. The van der Waals surface area contributed by atoms with Crippen molar-refractivity contribution in [3.05, 3.63) is 12.4 Å². The van der Waals surface area contributed by atoms with Gasteiger partial charge in [0.25, 0.3) is 0 Å². The number of carboxylic acid groups (broad SMARTS) is 1. The summed E-state index contributed by atoms with van der Waals surface area (Å²) >= 11 is 0. The smallest absolute Gasteiger partial charge is 0.325 e. The first kappa shape index (κ1) is 14.3. The first-order valence-electron chi connectivity index (χ1n) is 6.49. The Morgan fingerprint density at radius 2 is 2.30 bits per heavy atom. The van der Waals surface area contributed by atoms with Crippen molar-refractivity contribution in [2.75, 3.05) is 25.0 Å². The minimum atomic E-state index is -0.989. The summed E-state index contributed by atoms with van der Waals surface area (Å²) in [5.41, 5.74) is 0.474. The molecule has 8 heteroatoms. The van der Waals surface area contributed by atoms with Crippen LogP contribution >= 0.6 is 0 Å². The van der Waals surface area contributed by atoms with Crippen LogP contribution in [0.1, 0.15) is 12.8 Å². The summed E-state index contributed by atoms with van der Waals surface area (Å²) in [5, 5.41) is 24.1. The molecule has 0 aromatic carbocycles. The highest BCUT2D eigenvalue weighted by atomic mass is 16.4. The van der Waals surface area contributed by atoms with Gasteiger partial charge >= 0.3 is 12.0 Å². The van der Waals surface area contributed by atoms with Crippen LogP contribution in [-0.4, -0.2) is 56.6 Å². The second kappa shape index (κ2) is 6.38. The zero-order valence-corrected chi connectivity index (χ0v) is 11.0. The van der Waals surface area contributed by atoms with E-state index in [0.29, 0.717) is 31.1 Å². The number of amides is 2. The first-order valence-corrected chi connectivity index (χ1v) is 6.49. The molecule has 2 rings (SSSR count). The summed E-state index contributed by atoms with van der Waals surface area (Å²) in [6, 6.07) is -0.222. The molecular weight excluding hydrogens is 264 g/mol. The van der Waals surface area contributed by atoms with Gasteiger partial charge in [0.2, 0.25) is 0 Å². The molecule has 1 atom stereocenters. The lowest BCUT2D eigenvalue weighted by Gasteiger charge is -2.16. The maximum Gasteiger partial charge on any atom is 0.325 e. The van der Waals surface area contributed by atoms with Crippen LogP contribution in [-0.2, 0) is 11.3 Å². The van der Waals surface area contributed by atoms with Crippen molar-refractivity contribution in [2.24, 2.45) is 5.92 Å². The summed E-state index contributed by atoms with van der Waals surface area (Å²) in [6.45, 7) is 1.20. The van der Waals surface area contributed by atoms with Gasteiger partial charge in [-0.15, -0.1) is 0 Å². The largest absolute Gasteiger partial charge is 0.480 e. The third-order valence-corrected chi connectivity index (χ3v) is 3.29. The molecular formula is C12H18N4O4. The van der Waals surface area contributed by atoms with Gasteiger partial charge in [-0.2, -0.15) is 5.10 Å². The predicted molar refractivity (Wildman–Crippen MR) is 70.3 cm³/mol. The lowest BCUT2D eigenvalue weighted by atomic mass is 10.1. The van der Waals surface area contributed by atoms with E-state index in [0.717, 1.165) is 6.42 Å². The topological polar surface area (TPSA) is 108 Å². The summed E-state index contributed by atoms with van der Waals surface area (Å²) < 4.78 is 1.25. The van der Waals surface area contributed by atoms with Crippen molar-refractivity contribution in [2.45, 2.75) is 19.4 Å². The first-order chi connectivity index (χ1) is 9.58. The Labute approximate surface area is 116 Å². The van der Waals surface area contributed by atoms with E-state index in [1.54, 1.807) is 4.90 Å². The Hall–Kier alpha value is -2.09. The van der Waals surface area contributed by atoms with Crippen molar-refractivity contribution in [1.29, 1.82) is 0 Å². The number of aliphatic hydroxyl groups excluding tert-OH is 1. The van der Waals surface area contributed by atoms with Gasteiger partial charge < -0.3 is 20.4 Å². The second-order valence-corrected chi connectivity index (χ2v) is 4.86. The van der Waals surface area contributed by atoms with Gasteiger partial charge in [0.15, 0.2) is 0 Å². The molecule has 2 amide bonds. The van der Waals surface area contributed by atoms with Crippen molar-refractivity contribution >= 4 is 17.7 Å². The van der Waals surface area contributed by atoms with Crippen LogP contribution in [0.25, 0.3) is 0 Å². The Balaban J connectivity index is 1.85. The Bertz CT molecular complexity index is 488. The second-order valence-electron chi connectivity index (χ2n) is 4.86. The number of likely N-dealkylation sites (tertiary alicyclic amines) is 1. The molecule has 1 saturated heterocycles. The fraction of sp³-hybridized carbons (Fsp3) is 0.583. The number of aliphatic carboxylic acids is 1. The van der Waals surface area contributed by atoms with Crippen molar-refractivity contribution < 1.29 is 19.8 Å². The Morgan fingerprint density at radius 1 is 1.50 bits per heavy atom. The lowest BCUT2D eigenvalue weighted by Crippen LogP contribution is -2.32. The molecule has 1 unspecified atom stereocenters. The molecule has 0 spiro atoms. The maximum atomic E-state index is 12.0. The van der Waals surface area contributed by atoms with Crippen molar-refractivity contribution in [1.82, 2.24) is 14.7 Å². The molecule has 1 aromatic heterocycles. The van der Waals surface area contributed by atoms with Crippen LogP contribution in [0.5, 0.6) is 0 Å². The van der Waals surface area contributed by atoms with Crippen LogP contribution in [0, 0.1) is 5.92 Å². The number of nitrogens with zero attached hydrogens (tertiary/aromatic N) is 3. The summed E-state index contributed by atoms with van der Waals surface area (Å²) in [6.07, 6.45) is 4.50.